The Bertz CT molecular complexity index is 95.1. The highest BCUT2D eigenvalue weighted by atomic mass is 19.5. The zero-order valence-corrected chi connectivity index (χ0v) is 6.37. The molecule has 68 valence electrons. The van der Waals surface area contributed by atoms with Gasteiger partial charge in [0.15, 0.2) is 0 Å². The first-order valence-corrected chi connectivity index (χ1v) is 3.23. The molecule has 0 heterocycles. The molecule has 0 atom stereocenters. The SMILES string of the molecule is CCC/C=C/[NH3+].F[B-](F)(F)F. The third-order valence-electron chi connectivity index (χ3n) is 0.622. The average molecular weight is 173 g/mol. The molecule has 3 N–H and O–H groups in total. The van der Waals surface area contributed by atoms with E-state index in [4.69, 9.17) is 0 Å². The minimum absolute atomic E-state index is 1.17. The predicted molar refractivity (Wildman–Crippen MR) is 37.1 cm³/mol. The molecule has 0 aromatic rings. The molecule has 0 aliphatic rings. The molecule has 11 heavy (non-hydrogen) atoms. The molecule has 0 aromatic heterocycles. The van der Waals surface area contributed by atoms with E-state index in [0.717, 1.165) is 0 Å². The Labute approximate surface area is 63.4 Å². The fraction of sp³-hybridized carbons (Fsp3) is 0.600. The highest BCUT2D eigenvalue weighted by Gasteiger charge is 2.20. The van der Waals surface area contributed by atoms with Gasteiger partial charge in [0.1, 0.15) is 0 Å². The fourth-order valence-electron chi connectivity index (χ4n) is 0.285. The second-order valence-electron chi connectivity index (χ2n) is 1.75. The van der Waals surface area contributed by atoms with E-state index in [1.54, 1.807) is 0 Å². The Morgan fingerprint density at radius 1 is 1.27 bits per heavy atom. The Morgan fingerprint density at radius 3 is 1.73 bits per heavy atom. The average Bonchev–Trinajstić information content (AvgIpc) is 1.79. The molecule has 6 heteroatoms. The summed E-state index contributed by atoms with van der Waals surface area (Å²) in [5, 5.41) is 0. The van der Waals surface area contributed by atoms with Crippen molar-refractivity contribution in [3.05, 3.63) is 12.3 Å². The van der Waals surface area contributed by atoms with Crippen LogP contribution in [0.1, 0.15) is 19.8 Å². The number of hydrogen-bond acceptors (Lipinski definition) is 0. The van der Waals surface area contributed by atoms with Gasteiger partial charge in [0, 0.05) is 0 Å². The summed E-state index contributed by atoms with van der Waals surface area (Å²) in [6.07, 6.45) is 6.30. The van der Waals surface area contributed by atoms with Crippen LogP contribution in [0.3, 0.4) is 0 Å². The number of rotatable bonds is 2. The second-order valence-corrected chi connectivity index (χ2v) is 1.75. The lowest BCUT2D eigenvalue weighted by atomic mass is 10.3. The molecule has 0 radical (unpaired) electrons. The van der Waals surface area contributed by atoms with Crippen molar-refractivity contribution < 1.29 is 23.0 Å². The van der Waals surface area contributed by atoms with Crippen molar-refractivity contribution in [3.63, 3.8) is 0 Å². The van der Waals surface area contributed by atoms with E-state index in [0.29, 0.717) is 0 Å². The summed E-state index contributed by atoms with van der Waals surface area (Å²) in [6, 6.07) is 0. The van der Waals surface area contributed by atoms with E-state index >= 15 is 0 Å². The van der Waals surface area contributed by atoms with Crippen molar-refractivity contribution in [2.24, 2.45) is 0 Å². The summed E-state index contributed by atoms with van der Waals surface area (Å²) in [5.74, 6) is 0. The van der Waals surface area contributed by atoms with Gasteiger partial charge < -0.3 is 23.0 Å². The number of allylic oxidation sites excluding steroid dienone is 1. The van der Waals surface area contributed by atoms with Crippen LogP contribution in [-0.2, 0) is 0 Å². The van der Waals surface area contributed by atoms with E-state index < -0.39 is 7.25 Å². The van der Waals surface area contributed by atoms with E-state index in [-0.39, 0.29) is 0 Å². The molecule has 0 unspecified atom stereocenters. The van der Waals surface area contributed by atoms with Gasteiger partial charge in [-0.05, 0) is 12.5 Å². The van der Waals surface area contributed by atoms with Gasteiger partial charge in [0.05, 0.1) is 6.20 Å². The largest absolute Gasteiger partial charge is 0.673 e. The molecule has 1 nitrogen and oxygen atoms in total. The summed E-state index contributed by atoms with van der Waals surface area (Å²) in [7, 11) is -6.00. The monoisotopic (exact) mass is 173 g/mol. The molecule has 0 saturated carbocycles. The maximum absolute atomic E-state index is 9.75. The van der Waals surface area contributed by atoms with Gasteiger partial charge in [-0.15, -0.1) is 0 Å². The lowest BCUT2D eigenvalue weighted by Gasteiger charge is -1.94. The molecular weight excluding hydrogens is 161 g/mol. The minimum atomic E-state index is -6.00. The molecule has 0 rings (SSSR count). The van der Waals surface area contributed by atoms with E-state index in [2.05, 4.69) is 18.7 Å². The molecule has 0 aliphatic heterocycles. The third kappa shape index (κ3) is 86.1. The molecule has 0 aliphatic carbocycles. The summed E-state index contributed by atoms with van der Waals surface area (Å²) in [6.45, 7) is 2.15. The molecular formula is C5H12BF4N. The van der Waals surface area contributed by atoms with Gasteiger partial charge in [-0.3, -0.25) is 0 Å². The molecule has 0 amide bonds. The van der Waals surface area contributed by atoms with Crippen molar-refractivity contribution in [1.82, 2.24) is 0 Å². The molecule has 0 bridgehead atoms. The maximum atomic E-state index is 9.75. The van der Waals surface area contributed by atoms with Crippen LogP contribution < -0.4 is 5.73 Å². The second kappa shape index (κ2) is 7.59. The van der Waals surface area contributed by atoms with Crippen LogP contribution in [0.15, 0.2) is 12.3 Å². The first-order chi connectivity index (χ1) is 4.91. The van der Waals surface area contributed by atoms with Crippen molar-refractivity contribution in [3.8, 4) is 0 Å². The lowest BCUT2D eigenvalue weighted by molar-refractivity contribution is -0.275. The third-order valence-corrected chi connectivity index (χ3v) is 0.622. The first kappa shape index (κ1) is 13.1. The van der Waals surface area contributed by atoms with Gasteiger partial charge in [-0.2, -0.15) is 0 Å². The maximum Gasteiger partial charge on any atom is 0.673 e. The number of halogens is 4. The van der Waals surface area contributed by atoms with Crippen molar-refractivity contribution >= 4 is 7.25 Å². The summed E-state index contributed by atoms with van der Waals surface area (Å²) < 4.78 is 39.0. The summed E-state index contributed by atoms with van der Waals surface area (Å²) in [4.78, 5) is 0. The van der Waals surface area contributed by atoms with E-state index in [9.17, 15) is 17.3 Å². The lowest BCUT2D eigenvalue weighted by Crippen LogP contribution is -2.39. The zero-order valence-electron chi connectivity index (χ0n) is 6.37. The fourth-order valence-corrected chi connectivity index (χ4v) is 0.285. The van der Waals surface area contributed by atoms with Crippen molar-refractivity contribution in [2.45, 2.75) is 19.8 Å². The Balaban J connectivity index is 0. The van der Waals surface area contributed by atoms with E-state index in [1.165, 1.54) is 12.8 Å². The smallest absolute Gasteiger partial charge is 0.418 e. The molecule has 0 fully saturated rings. The highest BCUT2D eigenvalue weighted by Crippen LogP contribution is 2.06. The highest BCUT2D eigenvalue weighted by molar-refractivity contribution is 6.50. The zero-order chi connectivity index (χ0) is 9.33. The van der Waals surface area contributed by atoms with Gasteiger partial charge in [-0.25, -0.2) is 0 Å². The predicted octanol–water partition coefficient (Wildman–Crippen LogP) is 1.84. The number of unbranched alkanes of at least 4 members (excludes halogenated alkanes) is 1. The Hall–Kier alpha value is -0.515. The standard InChI is InChI=1S/C5H11N.BF4/c1-2-3-4-5-6;2-1(3,4)5/h4-5H,2-3,6H2,1H3;/q;-1/p+1/b5-4+;. The van der Waals surface area contributed by atoms with Gasteiger partial charge in [-0.1, -0.05) is 13.3 Å². The van der Waals surface area contributed by atoms with Gasteiger partial charge >= 0.3 is 7.25 Å². The van der Waals surface area contributed by atoms with Crippen molar-refractivity contribution in [1.29, 1.82) is 0 Å². The quantitative estimate of drug-likeness (QED) is 0.487. The van der Waals surface area contributed by atoms with E-state index in [1.807, 2.05) is 6.20 Å². The Kier molecular flexibility index (Phi) is 9.04. The molecule has 0 saturated heterocycles. The summed E-state index contributed by atoms with van der Waals surface area (Å²) in [5.41, 5.74) is 3.54. The summed E-state index contributed by atoms with van der Waals surface area (Å²) >= 11 is 0. The molecule has 0 aromatic carbocycles. The number of hydrogen-bond donors (Lipinski definition) is 1. The van der Waals surface area contributed by atoms with Crippen LogP contribution in [0.25, 0.3) is 0 Å². The van der Waals surface area contributed by atoms with Crippen LogP contribution in [0.5, 0.6) is 0 Å². The van der Waals surface area contributed by atoms with Crippen LogP contribution in [0.2, 0.25) is 0 Å². The van der Waals surface area contributed by atoms with Crippen LogP contribution in [0.4, 0.5) is 17.3 Å². The van der Waals surface area contributed by atoms with Gasteiger partial charge in [0.25, 0.3) is 0 Å². The topological polar surface area (TPSA) is 27.6 Å². The van der Waals surface area contributed by atoms with Crippen LogP contribution in [0, 0.1) is 0 Å². The molecule has 0 spiro atoms. The Morgan fingerprint density at radius 2 is 1.64 bits per heavy atom. The normalized spacial score (nSPS) is 11.1. The first-order valence-electron chi connectivity index (χ1n) is 3.23. The van der Waals surface area contributed by atoms with Crippen LogP contribution >= 0.6 is 0 Å². The van der Waals surface area contributed by atoms with Gasteiger partial charge in [0.2, 0.25) is 0 Å². The van der Waals surface area contributed by atoms with Crippen LogP contribution in [-0.4, -0.2) is 7.25 Å². The minimum Gasteiger partial charge on any atom is -0.418 e. The van der Waals surface area contributed by atoms with Crippen molar-refractivity contribution in [2.75, 3.05) is 0 Å². The number of quaternary nitrogens is 1.